The summed E-state index contributed by atoms with van der Waals surface area (Å²) in [5.41, 5.74) is 3.30. The summed E-state index contributed by atoms with van der Waals surface area (Å²) in [6, 6.07) is 16.6. The fraction of sp³-hybridized carbons (Fsp3) is 0.136. The van der Waals surface area contributed by atoms with E-state index in [1.165, 1.54) is 21.5 Å². The molecular weight excluding hydrogens is 386 g/mol. The van der Waals surface area contributed by atoms with Crippen molar-refractivity contribution < 1.29 is 4.79 Å². The van der Waals surface area contributed by atoms with Crippen LogP contribution in [0, 0.1) is 6.92 Å². The first-order valence-electron chi connectivity index (χ1n) is 9.14. The van der Waals surface area contributed by atoms with Crippen LogP contribution in [-0.4, -0.2) is 15.5 Å². The van der Waals surface area contributed by atoms with E-state index in [0.717, 1.165) is 11.1 Å². The molecule has 0 aliphatic rings. The molecule has 4 rings (SSSR count). The van der Waals surface area contributed by atoms with Crippen LogP contribution in [0.15, 0.2) is 69.6 Å². The number of thiophene rings is 1. The van der Waals surface area contributed by atoms with Gasteiger partial charge in [-0.05, 0) is 41.6 Å². The first-order valence-corrected chi connectivity index (χ1v) is 10.0. The van der Waals surface area contributed by atoms with E-state index in [4.69, 9.17) is 0 Å². The van der Waals surface area contributed by atoms with Crippen molar-refractivity contribution in [3.63, 3.8) is 0 Å². The lowest BCUT2D eigenvalue weighted by atomic mass is 10.1. The number of hydrogen-bond donors (Lipinski definition) is 2. The Morgan fingerprint density at radius 3 is 2.41 bits per heavy atom. The molecule has 0 unspecified atom stereocenters. The van der Waals surface area contributed by atoms with Gasteiger partial charge in [-0.15, -0.1) is 11.3 Å². The summed E-state index contributed by atoms with van der Waals surface area (Å²) in [4.78, 5) is 39.8. The lowest BCUT2D eigenvalue weighted by Crippen LogP contribution is -2.34. The summed E-state index contributed by atoms with van der Waals surface area (Å²) in [5, 5.41) is 4.67. The molecule has 2 N–H and O–H groups in total. The Labute approximate surface area is 170 Å². The molecule has 146 valence electrons. The second-order valence-electron chi connectivity index (χ2n) is 6.85. The molecule has 2 aromatic carbocycles. The van der Waals surface area contributed by atoms with Gasteiger partial charge >= 0.3 is 5.69 Å². The normalized spacial score (nSPS) is 10.9. The summed E-state index contributed by atoms with van der Waals surface area (Å²) < 4.78 is 1.70. The quantitative estimate of drug-likeness (QED) is 0.535. The first kappa shape index (κ1) is 18.9. The lowest BCUT2D eigenvalue weighted by molar-refractivity contribution is 0.0951. The molecule has 29 heavy (non-hydrogen) atoms. The molecule has 0 saturated heterocycles. The van der Waals surface area contributed by atoms with Gasteiger partial charge in [-0.2, -0.15) is 0 Å². The van der Waals surface area contributed by atoms with Crippen LogP contribution in [0.3, 0.4) is 0 Å². The number of aromatic amines is 1. The maximum Gasteiger partial charge on any atom is 0.329 e. The van der Waals surface area contributed by atoms with Crippen molar-refractivity contribution in [2.45, 2.75) is 20.0 Å². The molecule has 0 fully saturated rings. The number of aromatic nitrogens is 2. The third-order valence-corrected chi connectivity index (χ3v) is 5.62. The number of fused-ring (bicyclic) bond motifs is 1. The number of benzene rings is 2. The highest BCUT2D eigenvalue weighted by atomic mass is 32.1. The van der Waals surface area contributed by atoms with Gasteiger partial charge in [-0.3, -0.25) is 14.2 Å². The molecule has 6 nitrogen and oxygen atoms in total. The lowest BCUT2D eigenvalue weighted by Gasteiger charge is -2.08. The topological polar surface area (TPSA) is 84.0 Å². The van der Waals surface area contributed by atoms with Crippen LogP contribution in [0.25, 0.3) is 10.2 Å². The van der Waals surface area contributed by atoms with E-state index < -0.39 is 5.69 Å². The molecule has 0 aliphatic carbocycles. The second-order valence-corrected chi connectivity index (χ2v) is 7.77. The average Bonchev–Trinajstić information content (AvgIpc) is 3.19. The third-order valence-electron chi connectivity index (χ3n) is 4.72. The minimum atomic E-state index is -0.444. The van der Waals surface area contributed by atoms with Gasteiger partial charge in [-0.1, -0.05) is 42.0 Å². The second kappa shape index (κ2) is 7.89. The molecule has 0 radical (unpaired) electrons. The van der Waals surface area contributed by atoms with Crippen molar-refractivity contribution in [1.29, 1.82) is 0 Å². The number of carbonyl (C=O) groups is 1. The number of rotatable bonds is 5. The Morgan fingerprint density at radius 2 is 1.69 bits per heavy atom. The molecule has 0 bridgehead atoms. The maximum absolute atomic E-state index is 12.5. The number of amides is 1. The summed E-state index contributed by atoms with van der Waals surface area (Å²) >= 11 is 1.30. The standard InChI is InChI=1S/C22H19N3O3S/c1-14-2-4-15(5-3-14)12-23-20(26)17-8-6-16(7-9-17)13-25-21(27)19-18(10-11-29-19)24-22(25)28/h2-11H,12-13H2,1H3,(H,23,26)(H,24,28). The predicted molar refractivity (Wildman–Crippen MR) is 115 cm³/mol. The van der Waals surface area contributed by atoms with E-state index in [1.54, 1.807) is 35.7 Å². The monoisotopic (exact) mass is 405 g/mol. The van der Waals surface area contributed by atoms with Gasteiger partial charge in [0.2, 0.25) is 0 Å². The van der Waals surface area contributed by atoms with Crippen molar-refractivity contribution >= 4 is 27.5 Å². The number of hydrogen-bond acceptors (Lipinski definition) is 4. The highest BCUT2D eigenvalue weighted by molar-refractivity contribution is 7.17. The number of nitrogens with zero attached hydrogens (tertiary/aromatic N) is 1. The largest absolute Gasteiger partial charge is 0.348 e. The number of nitrogens with one attached hydrogen (secondary N) is 2. The molecule has 2 aromatic heterocycles. The van der Waals surface area contributed by atoms with Gasteiger partial charge in [0.05, 0.1) is 12.1 Å². The SMILES string of the molecule is Cc1ccc(CNC(=O)c2ccc(Cn3c(=O)[nH]c4ccsc4c3=O)cc2)cc1. The molecule has 1 amide bonds. The van der Waals surface area contributed by atoms with Crippen LogP contribution in [0.4, 0.5) is 0 Å². The van der Waals surface area contributed by atoms with Crippen LogP contribution >= 0.6 is 11.3 Å². The minimum absolute atomic E-state index is 0.146. The highest BCUT2D eigenvalue weighted by Crippen LogP contribution is 2.13. The summed E-state index contributed by atoms with van der Waals surface area (Å²) in [6.07, 6.45) is 0. The fourth-order valence-electron chi connectivity index (χ4n) is 3.05. The van der Waals surface area contributed by atoms with Crippen LogP contribution in [0.2, 0.25) is 0 Å². The van der Waals surface area contributed by atoms with Crippen molar-refractivity contribution in [3.8, 4) is 0 Å². The van der Waals surface area contributed by atoms with E-state index in [0.29, 0.717) is 22.3 Å². The van der Waals surface area contributed by atoms with Gasteiger partial charge in [0.25, 0.3) is 11.5 Å². The van der Waals surface area contributed by atoms with Crippen LogP contribution in [0.5, 0.6) is 0 Å². The predicted octanol–water partition coefficient (Wildman–Crippen LogP) is 3.04. The van der Waals surface area contributed by atoms with E-state index in [2.05, 4.69) is 10.3 Å². The molecule has 0 atom stereocenters. The van der Waals surface area contributed by atoms with Crippen LogP contribution in [0.1, 0.15) is 27.0 Å². The average molecular weight is 405 g/mol. The highest BCUT2D eigenvalue weighted by Gasteiger charge is 2.10. The number of H-pyrrole nitrogens is 1. The Balaban J connectivity index is 1.46. The number of carbonyl (C=O) groups excluding carboxylic acids is 1. The van der Waals surface area contributed by atoms with Gasteiger partial charge in [-0.25, -0.2) is 4.79 Å². The molecule has 2 heterocycles. The smallest absolute Gasteiger partial charge is 0.329 e. The fourth-order valence-corrected chi connectivity index (χ4v) is 3.85. The van der Waals surface area contributed by atoms with Crippen LogP contribution in [-0.2, 0) is 13.1 Å². The molecule has 0 spiro atoms. The van der Waals surface area contributed by atoms with Crippen molar-refractivity contribution in [2.24, 2.45) is 0 Å². The van der Waals surface area contributed by atoms with Gasteiger partial charge in [0, 0.05) is 12.1 Å². The molecule has 7 heteroatoms. The Kier molecular flexibility index (Phi) is 5.14. The van der Waals surface area contributed by atoms with Crippen LogP contribution < -0.4 is 16.6 Å². The maximum atomic E-state index is 12.5. The van der Waals surface area contributed by atoms with Crippen molar-refractivity contribution in [1.82, 2.24) is 14.9 Å². The zero-order chi connectivity index (χ0) is 20.4. The van der Waals surface area contributed by atoms with E-state index in [9.17, 15) is 14.4 Å². The summed E-state index contributed by atoms with van der Waals surface area (Å²) in [5.74, 6) is -0.174. The first-order chi connectivity index (χ1) is 14.0. The Hall–Kier alpha value is -3.45. The molecule has 4 aromatic rings. The molecular formula is C22H19N3O3S. The van der Waals surface area contributed by atoms with Crippen molar-refractivity contribution in [2.75, 3.05) is 0 Å². The third kappa shape index (κ3) is 4.05. The van der Waals surface area contributed by atoms with E-state index in [1.807, 2.05) is 31.2 Å². The molecule has 0 saturated carbocycles. The Morgan fingerprint density at radius 1 is 1.00 bits per heavy atom. The van der Waals surface area contributed by atoms with Gasteiger partial charge in [0.1, 0.15) is 4.70 Å². The summed E-state index contributed by atoms with van der Waals surface area (Å²) in [7, 11) is 0. The summed E-state index contributed by atoms with van der Waals surface area (Å²) in [6.45, 7) is 2.62. The minimum Gasteiger partial charge on any atom is -0.348 e. The molecule has 0 aliphatic heterocycles. The zero-order valence-electron chi connectivity index (χ0n) is 15.8. The van der Waals surface area contributed by atoms with Gasteiger partial charge < -0.3 is 10.3 Å². The van der Waals surface area contributed by atoms with Crippen molar-refractivity contribution in [3.05, 3.63) is 103 Å². The van der Waals surface area contributed by atoms with E-state index in [-0.39, 0.29) is 18.0 Å². The zero-order valence-corrected chi connectivity index (χ0v) is 16.6. The Bertz CT molecular complexity index is 1280. The van der Waals surface area contributed by atoms with Gasteiger partial charge in [0.15, 0.2) is 0 Å². The van der Waals surface area contributed by atoms with E-state index >= 15 is 0 Å². The number of aryl methyl sites for hydroxylation is 1.